The van der Waals surface area contributed by atoms with Crippen LogP contribution >= 0.6 is 0 Å². The molecule has 3 heterocycles. The van der Waals surface area contributed by atoms with Crippen LogP contribution in [0.4, 0.5) is 5.69 Å². The normalized spacial score (nSPS) is 20.3. The number of H-pyrrole nitrogens is 1. The van der Waals surface area contributed by atoms with Gasteiger partial charge in [-0.3, -0.25) is 0 Å². The molecular weight excluding hydrogens is 219 g/mol. The molecule has 2 aliphatic rings. The zero-order valence-corrected chi connectivity index (χ0v) is 10.6. The van der Waals surface area contributed by atoms with Crippen molar-refractivity contribution >= 4 is 18.4 Å². The van der Waals surface area contributed by atoms with Crippen LogP contribution in [-0.4, -0.2) is 18.8 Å². The molecule has 2 aromatic rings. The first-order valence-corrected chi connectivity index (χ1v) is 6.76. The third-order valence-corrected chi connectivity index (χ3v) is 4.28. The van der Waals surface area contributed by atoms with Crippen LogP contribution in [0.3, 0.4) is 0 Å². The highest BCUT2D eigenvalue weighted by Gasteiger charge is 2.39. The molecule has 1 N–H and O–H groups in total. The lowest BCUT2D eigenvalue weighted by Crippen LogP contribution is -2.32. The van der Waals surface area contributed by atoms with Gasteiger partial charge in [-0.2, -0.15) is 0 Å². The molecule has 0 spiro atoms. The summed E-state index contributed by atoms with van der Waals surface area (Å²) in [6, 6.07) is 11.7. The molecule has 1 aromatic heterocycles. The number of aromatic nitrogens is 1. The van der Waals surface area contributed by atoms with Crippen molar-refractivity contribution in [3.8, 4) is 11.3 Å². The minimum absolute atomic E-state index is 0.678. The summed E-state index contributed by atoms with van der Waals surface area (Å²) in [6.45, 7) is 3.31. The van der Waals surface area contributed by atoms with Gasteiger partial charge in [-0.1, -0.05) is 36.6 Å². The van der Waals surface area contributed by atoms with Crippen LogP contribution in [0.15, 0.2) is 30.3 Å². The van der Waals surface area contributed by atoms with Crippen molar-refractivity contribution in [3.05, 3.63) is 36.0 Å². The topological polar surface area (TPSA) is 19.0 Å². The average molecular weight is 235 g/mol. The molecule has 1 aromatic carbocycles. The fraction of sp³-hybridized carbons (Fsp3) is 0.333. The van der Waals surface area contributed by atoms with Gasteiger partial charge in [-0.15, -0.1) is 0 Å². The second-order valence-corrected chi connectivity index (χ2v) is 5.24. The van der Waals surface area contributed by atoms with E-state index in [1.807, 2.05) is 0 Å². The zero-order valence-electron chi connectivity index (χ0n) is 10.6. The first-order valence-electron chi connectivity index (χ1n) is 6.76. The van der Waals surface area contributed by atoms with Gasteiger partial charge >= 0.3 is 0 Å². The van der Waals surface area contributed by atoms with E-state index in [0.29, 0.717) is 6.04 Å². The first-order chi connectivity index (χ1) is 8.86. The van der Waals surface area contributed by atoms with E-state index in [9.17, 15) is 0 Å². The molecule has 18 heavy (non-hydrogen) atoms. The molecule has 1 fully saturated rings. The number of aromatic amines is 1. The minimum Gasteiger partial charge on any atom is -0.361 e. The van der Waals surface area contributed by atoms with Gasteiger partial charge in [0.05, 0.1) is 17.4 Å². The molecule has 0 amide bonds. The summed E-state index contributed by atoms with van der Waals surface area (Å²) in [5, 5.41) is 0. The second kappa shape index (κ2) is 3.68. The Bertz CT molecular complexity index is 558. The Kier molecular flexibility index (Phi) is 2.10. The fourth-order valence-corrected chi connectivity index (χ4v) is 3.25. The van der Waals surface area contributed by atoms with Gasteiger partial charge in [0, 0.05) is 12.2 Å². The predicted molar refractivity (Wildman–Crippen MR) is 76.8 cm³/mol. The molecule has 1 atom stereocenters. The highest BCUT2D eigenvalue weighted by atomic mass is 15.3. The second-order valence-electron chi connectivity index (χ2n) is 5.24. The Morgan fingerprint density at radius 1 is 1.28 bits per heavy atom. The van der Waals surface area contributed by atoms with Gasteiger partial charge in [0.1, 0.15) is 7.28 Å². The van der Waals surface area contributed by atoms with Gasteiger partial charge < -0.3 is 9.88 Å². The smallest absolute Gasteiger partial charge is 0.148 e. The summed E-state index contributed by atoms with van der Waals surface area (Å²) in [6.07, 6.45) is 2.65. The Morgan fingerprint density at radius 3 is 2.89 bits per heavy atom. The third-order valence-electron chi connectivity index (χ3n) is 4.28. The maximum Gasteiger partial charge on any atom is 0.148 e. The largest absolute Gasteiger partial charge is 0.361 e. The van der Waals surface area contributed by atoms with Crippen molar-refractivity contribution in [2.24, 2.45) is 0 Å². The summed E-state index contributed by atoms with van der Waals surface area (Å²) >= 11 is 0. The Balaban J connectivity index is 1.69. The number of nitrogens with zero attached hydrogens (tertiary/aromatic N) is 1. The van der Waals surface area contributed by atoms with E-state index < -0.39 is 0 Å². The Labute approximate surface area is 108 Å². The van der Waals surface area contributed by atoms with Crippen LogP contribution in [0.2, 0.25) is 6.82 Å². The average Bonchev–Trinajstić information content (AvgIpc) is 2.98. The quantitative estimate of drug-likeness (QED) is 0.793. The third kappa shape index (κ3) is 1.30. The first kappa shape index (κ1) is 10.3. The molecule has 4 rings (SSSR count). The molecule has 2 aliphatic heterocycles. The maximum absolute atomic E-state index is 3.60. The lowest BCUT2D eigenvalue weighted by atomic mass is 9.73. The number of anilines is 1. The number of hydrogen-bond acceptors (Lipinski definition) is 1. The summed E-state index contributed by atoms with van der Waals surface area (Å²) in [4.78, 5) is 6.14. The van der Waals surface area contributed by atoms with Gasteiger partial charge in [0.25, 0.3) is 0 Å². The molecule has 3 heteroatoms. The standard InChI is InChI=1S/C15H16BN2/c1-16-11-6-4-10(5-7-11)12-9-14-15(17-12)13-3-2-8-18(13)14/h4-7,9,13,17H,2-3,8H2,1H3. The number of rotatable bonds is 2. The maximum atomic E-state index is 3.60. The Hall–Kier alpha value is -1.64. The van der Waals surface area contributed by atoms with Gasteiger partial charge in [-0.25, -0.2) is 0 Å². The van der Waals surface area contributed by atoms with Crippen molar-refractivity contribution in [1.29, 1.82) is 0 Å². The SMILES string of the molecule is C[B]c1ccc(-c2cc3c([nH]2)C2CCCN32)cc1. The highest BCUT2D eigenvalue weighted by molar-refractivity contribution is 6.51. The lowest BCUT2D eigenvalue weighted by Gasteiger charge is -2.36. The van der Waals surface area contributed by atoms with Crippen LogP contribution in [-0.2, 0) is 0 Å². The predicted octanol–water partition coefficient (Wildman–Crippen LogP) is 2.71. The van der Waals surface area contributed by atoms with E-state index in [0.717, 1.165) is 0 Å². The van der Waals surface area contributed by atoms with Crippen molar-refractivity contribution in [2.75, 3.05) is 11.4 Å². The highest BCUT2D eigenvalue weighted by Crippen LogP contribution is 2.50. The molecule has 1 saturated heterocycles. The van der Waals surface area contributed by atoms with E-state index in [1.165, 1.54) is 47.5 Å². The summed E-state index contributed by atoms with van der Waals surface area (Å²) in [5.74, 6) is 0. The zero-order chi connectivity index (χ0) is 12.1. The van der Waals surface area contributed by atoms with Gasteiger partial charge in [-0.05, 0) is 24.5 Å². The van der Waals surface area contributed by atoms with Crippen molar-refractivity contribution < 1.29 is 0 Å². The van der Waals surface area contributed by atoms with E-state index in [2.05, 4.69) is 54.3 Å². The Morgan fingerprint density at radius 2 is 2.11 bits per heavy atom. The monoisotopic (exact) mass is 235 g/mol. The summed E-state index contributed by atoms with van der Waals surface area (Å²) in [5.41, 5.74) is 6.71. The molecule has 1 unspecified atom stereocenters. The molecular formula is C15H16BN2. The number of benzene rings is 1. The minimum atomic E-state index is 0.678. The van der Waals surface area contributed by atoms with E-state index in [4.69, 9.17) is 0 Å². The molecule has 0 saturated carbocycles. The van der Waals surface area contributed by atoms with Crippen LogP contribution < -0.4 is 10.4 Å². The molecule has 1 radical (unpaired) electrons. The van der Waals surface area contributed by atoms with Crippen molar-refractivity contribution in [3.63, 3.8) is 0 Å². The van der Waals surface area contributed by atoms with Crippen molar-refractivity contribution in [2.45, 2.75) is 25.7 Å². The van der Waals surface area contributed by atoms with Gasteiger partial charge in [0.15, 0.2) is 0 Å². The van der Waals surface area contributed by atoms with Gasteiger partial charge in [0.2, 0.25) is 0 Å². The van der Waals surface area contributed by atoms with Crippen LogP contribution in [0, 0.1) is 0 Å². The number of hydrogen-bond donors (Lipinski definition) is 1. The fourth-order valence-electron chi connectivity index (χ4n) is 3.25. The van der Waals surface area contributed by atoms with Crippen molar-refractivity contribution in [1.82, 2.24) is 4.98 Å². The molecule has 0 aliphatic carbocycles. The summed E-state index contributed by atoms with van der Waals surface area (Å²) in [7, 11) is 2.13. The van der Waals surface area contributed by atoms with Crippen LogP contribution in [0.1, 0.15) is 24.6 Å². The van der Waals surface area contributed by atoms with E-state index >= 15 is 0 Å². The molecule has 2 nitrogen and oxygen atoms in total. The van der Waals surface area contributed by atoms with E-state index in [1.54, 1.807) is 0 Å². The molecule has 89 valence electrons. The summed E-state index contributed by atoms with van der Waals surface area (Å²) < 4.78 is 0. The number of nitrogens with one attached hydrogen (secondary N) is 1. The lowest BCUT2D eigenvalue weighted by molar-refractivity contribution is 0.643. The van der Waals surface area contributed by atoms with Crippen LogP contribution in [0.25, 0.3) is 11.3 Å². The molecule has 0 bridgehead atoms. The van der Waals surface area contributed by atoms with E-state index in [-0.39, 0.29) is 0 Å². The van der Waals surface area contributed by atoms with Crippen LogP contribution in [0.5, 0.6) is 0 Å². The number of fused-ring (bicyclic) bond motifs is 4.